The van der Waals surface area contributed by atoms with Crippen molar-refractivity contribution >= 4 is 28.2 Å². The second-order valence-corrected chi connectivity index (χ2v) is 9.44. The normalized spacial score (nSPS) is 22.1. The highest BCUT2D eigenvalue weighted by molar-refractivity contribution is 5.92. The van der Waals surface area contributed by atoms with Crippen LogP contribution in [0.15, 0.2) is 47.6 Å². The maximum atomic E-state index is 5.90. The fraction of sp³-hybridized carbons (Fsp3) is 0.400. The van der Waals surface area contributed by atoms with Crippen LogP contribution in [0.5, 0.6) is 0 Å². The van der Waals surface area contributed by atoms with Gasteiger partial charge in [0.15, 0.2) is 0 Å². The summed E-state index contributed by atoms with van der Waals surface area (Å²) >= 11 is 0. The molecule has 2 fully saturated rings. The summed E-state index contributed by atoms with van der Waals surface area (Å²) in [5, 5.41) is 0. The molecule has 7 nitrogen and oxygen atoms in total. The quantitative estimate of drug-likeness (QED) is 0.693. The van der Waals surface area contributed by atoms with Crippen molar-refractivity contribution in [3.8, 4) is 11.3 Å². The number of hydrogen-bond donors (Lipinski definition) is 1. The average Bonchev–Trinajstić information content (AvgIpc) is 3.14. The molecule has 7 heteroatoms. The Hall–Kier alpha value is -3.03. The van der Waals surface area contributed by atoms with Crippen LogP contribution in [0.2, 0.25) is 0 Å². The number of aromatic nitrogens is 2. The molecule has 2 N–H and O–H groups in total. The van der Waals surface area contributed by atoms with Crippen LogP contribution in [0.1, 0.15) is 12.5 Å². The summed E-state index contributed by atoms with van der Waals surface area (Å²) in [4.78, 5) is 21.6. The molecular formula is C25H29N7. The van der Waals surface area contributed by atoms with E-state index in [0.29, 0.717) is 17.9 Å². The molecule has 3 aromatic rings. The lowest BCUT2D eigenvalue weighted by atomic mass is 10.0. The van der Waals surface area contributed by atoms with Crippen molar-refractivity contribution < 1.29 is 0 Å². The van der Waals surface area contributed by atoms with Gasteiger partial charge in [0.25, 0.3) is 0 Å². The first-order chi connectivity index (χ1) is 15.5. The van der Waals surface area contributed by atoms with Crippen LogP contribution < -0.4 is 10.6 Å². The van der Waals surface area contributed by atoms with E-state index >= 15 is 0 Å². The van der Waals surface area contributed by atoms with Crippen molar-refractivity contribution in [2.45, 2.75) is 25.4 Å². The first-order valence-corrected chi connectivity index (χ1v) is 11.5. The van der Waals surface area contributed by atoms with Crippen LogP contribution in [-0.2, 0) is 6.42 Å². The first-order valence-electron chi connectivity index (χ1n) is 11.5. The number of pyridine rings is 2. The summed E-state index contributed by atoms with van der Waals surface area (Å²) in [6, 6.07) is 13.8. The zero-order valence-electron chi connectivity index (χ0n) is 18.7. The lowest BCUT2D eigenvalue weighted by Crippen LogP contribution is -2.64. The molecule has 0 saturated carbocycles. The van der Waals surface area contributed by atoms with E-state index in [1.165, 1.54) is 5.56 Å². The van der Waals surface area contributed by atoms with Crippen molar-refractivity contribution in [2.75, 3.05) is 44.7 Å². The molecule has 32 heavy (non-hydrogen) atoms. The average molecular weight is 428 g/mol. The standard InChI is InChI=1S/C25H29N7/c1-16-13-31(8-7-30(16)2)20-14-32(15-20)19-11-24-22(27-12-19)6-5-21(28-24)17-3-4-18-10-25(26)29-23(18)9-17/h3-6,9,11-12,16,20H,7-8,10,13-15H2,1-2H3,(H2,26,29). The number of anilines is 1. The molecule has 0 radical (unpaired) electrons. The van der Waals surface area contributed by atoms with Gasteiger partial charge in [-0.25, -0.2) is 9.98 Å². The van der Waals surface area contributed by atoms with E-state index in [-0.39, 0.29) is 0 Å². The van der Waals surface area contributed by atoms with E-state index in [0.717, 1.165) is 72.8 Å². The smallest absolute Gasteiger partial charge is 0.104 e. The molecular weight excluding hydrogens is 398 g/mol. The van der Waals surface area contributed by atoms with Crippen LogP contribution in [0.25, 0.3) is 22.3 Å². The number of nitrogens with zero attached hydrogens (tertiary/aromatic N) is 6. The summed E-state index contributed by atoms with van der Waals surface area (Å²) in [7, 11) is 2.22. The molecule has 164 valence electrons. The number of rotatable bonds is 3. The number of hydrogen-bond acceptors (Lipinski definition) is 7. The van der Waals surface area contributed by atoms with E-state index in [1.807, 2.05) is 12.3 Å². The minimum atomic E-state index is 0.629. The molecule has 3 aliphatic heterocycles. The van der Waals surface area contributed by atoms with Crippen molar-refractivity contribution in [3.05, 3.63) is 48.2 Å². The van der Waals surface area contributed by atoms with Gasteiger partial charge in [-0.1, -0.05) is 12.1 Å². The monoisotopic (exact) mass is 427 g/mol. The van der Waals surface area contributed by atoms with Gasteiger partial charge < -0.3 is 15.5 Å². The predicted molar refractivity (Wildman–Crippen MR) is 130 cm³/mol. The number of piperazine rings is 1. The van der Waals surface area contributed by atoms with Gasteiger partial charge in [-0.3, -0.25) is 9.88 Å². The Balaban J connectivity index is 1.21. The molecule has 0 bridgehead atoms. The third kappa shape index (κ3) is 3.42. The molecule has 6 rings (SSSR count). The highest BCUT2D eigenvalue weighted by Crippen LogP contribution is 2.32. The van der Waals surface area contributed by atoms with E-state index in [2.05, 4.69) is 69.0 Å². The number of nitrogens with two attached hydrogens (primary N) is 1. The van der Waals surface area contributed by atoms with Crippen LogP contribution in [0, 0.1) is 0 Å². The van der Waals surface area contributed by atoms with Gasteiger partial charge in [0.2, 0.25) is 0 Å². The van der Waals surface area contributed by atoms with Gasteiger partial charge in [0, 0.05) is 56.8 Å². The van der Waals surface area contributed by atoms with Crippen LogP contribution in [-0.4, -0.2) is 77.5 Å². The van der Waals surface area contributed by atoms with Crippen molar-refractivity contribution in [1.29, 1.82) is 0 Å². The summed E-state index contributed by atoms with van der Waals surface area (Å²) in [5.74, 6) is 0.677. The van der Waals surface area contributed by atoms with E-state index in [1.54, 1.807) is 0 Å². The van der Waals surface area contributed by atoms with Crippen LogP contribution >= 0.6 is 0 Å². The largest absolute Gasteiger partial charge is 0.387 e. The Labute approximate surface area is 188 Å². The van der Waals surface area contributed by atoms with E-state index < -0.39 is 0 Å². The zero-order valence-corrected chi connectivity index (χ0v) is 18.7. The number of amidine groups is 1. The summed E-state index contributed by atoms with van der Waals surface area (Å²) in [6.07, 6.45) is 2.72. The minimum Gasteiger partial charge on any atom is -0.387 e. The van der Waals surface area contributed by atoms with Crippen LogP contribution in [0.3, 0.4) is 0 Å². The van der Waals surface area contributed by atoms with Gasteiger partial charge in [-0.15, -0.1) is 0 Å². The Morgan fingerprint density at radius 2 is 1.88 bits per heavy atom. The van der Waals surface area contributed by atoms with Crippen molar-refractivity contribution in [2.24, 2.45) is 10.7 Å². The maximum Gasteiger partial charge on any atom is 0.104 e. The highest BCUT2D eigenvalue weighted by Gasteiger charge is 2.35. The summed E-state index contributed by atoms with van der Waals surface area (Å²) < 4.78 is 0. The second kappa shape index (κ2) is 7.53. The Morgan fingerprint density at radius 3 is 2.72 bits per heavy atom. The SMILES string of the molecule is CC1CN(C2CN(c3cnc4ccc(-c5ccc6c(c5)N=C(N)C6)nc4c3)C2)CCN1C. The third-order valence-electron chi connectivity index (χ3n) is 7.27. The van der Waals surface area contributed by atoms with Gasteiger partial charge in [-0.2, -0.15) is 0 Å². The molecule has 1 atom stereocenters. The Bertz CT molecular complexity index is 1210. The molecule has 2 aromatic heterocycles. The van der Waals surface area contributed by atoms with E-state index in [4.69, 9.17) is 10.7 Å². The molecule has 5 heterocycles. The molecule has 3 aliphatic rings. The van der Waals surface area contributed by atoms with Crippen molar-refractivity contribution in [1.82, 2.24) is 19.8 Å². The maximum absolute atomic E-state index is 5.90. The number of benzene rings is 1. The first kappa shape index (κ1) is 19.6. The summed E-state index contributed by atoms with van der Waals surface area (Å²) in [6.45, 7) is 7.92. The fourth-order valence-electron chi connectivity index (χ4n) is 5.00. The molecule has 2 saturated heterocycles. The molecule has 0 spiro atoms. The number of likely N-dealkylation sites (N-methyl/N-ethyl adjacent to an activating group) is 1. The van der Waals surface area contributed by atoms with Gasteiger partial charge in [0.1, 0.15) is 5.84 Å². The zero-order chi connectivity index (χ0) is 21.8. The van der Waals surface area contributed by atoms with Crippen LogP contribution in [0.4, 0.5) is 11.4 Å². The van der Waals surface area contributed by atoms with Crippen molar-refractivity contribution in [3.63, 3.8) is 0 Å². The molecule has 0 aliphatic carbocycles. The second-order valence-electron chi connectivity index (χ2n) is 9.44. The van der Waals surface area contributed by atoms with Gasteiger partial charge in [0.05, 0.1) is 34.3 Å². The number of aliphatic imine (C=N–C) groups is 1. The lowest BCUT2D eigenvalue weighted by molar-refractivity contribution is 0.0612. The number of fused-ring (bicyclic) bond motifs is 2. The fourth-order valence-corrected chi connectivity index (χ4v) is 5.00. The van der Waals surface area contributed by atoms with Gasteiger partial charge >= 0.3 is 0 Å². The predicted octanol–water partition coefficient (Wildman–Crippen LogP) is 2.67. The Morgan fingerprint density at radius 1 is 1.00 bits per heavy atom. The Kier molecular flexibility index (Phi) is 4.62. The van der Waals surface area contributed by atoms with Gasteiger partial charge in [-0.05, 0) is 43.8 Å². The summed E-state index contributed by atoms with van der Waals surface area (Å²) in [5.41, 5.74) is 13.0. The molecule has 1 unspecified atom stereocenters. The highest BCUT2D eigenvalue weighted by atomic mass is 15.4. The topological polar surface area (TPSA) is 73.9 Å². The lowest BCUT2D eigenvalue weighted by Gasteiger charge is -2.50. The molecule has 0 amide bonds. The van der Waals surface area contributed by atoms with E-state index in [9.17, 15) is 0 Å². The third-order valence-corrected chi connectivity index (χ3v) is 7.27. The molecule has 1 aromatic carbocycles. The minimum absolute atomic E-state index is 0.629.